The molecule has 0 unspecified atom stereocenters. The molecular formula is C13H18N4O3. The number of piperidine rings is 1. The van der Waals surface area contributed by atoms with Gasteiger partial charge in [-0.2, -0.15) is 0 Å². The fourth-order valence-electron chi connectivity index (χ4n) is 2.45. The maximum Gasteiger partial charge on any atom is 0.292 e. The molecule has 1 fully saturated rings. The van der Waals surface area contributed by atoms with Gasteiger partial charge in [0.1, 0.15) is 5.69 Å². The van der Waals surface area contributed by atoms with Gasteiger partial charge in [-0.05, 0) is 25.0 Å². The first-order valence-corrected chi connectivity index (χ1v) is 6.54. The molecule has 1 atom stereocenters. The Morgan fingerprint density at radius 1 is 1.55 bits per heavy atom. The monoisotopic (exact) mass is 278 g/mol. The van der Waals surface area contributed by atoms with E-state index >= 15 is 0 Å². The molecular weight excluding hydrogens is 260 g/mol. The Labute approximate surface area is 116 Å². The number of rotatable bonds is 3. The predicted octanol–water partition coefficient (Wildman–Crippen LogP) is 0.882. The molecule has 0 aliphatic carbocycles. The second-order valence-corrected chi connectivity index (χ2v) is 4.89. The molecule has 7 nitrogen and oxygen atoms in total. The van der Waals surface area contributed by atoms with Crippen LogP contribution in [0.5, 0.6) is 0 Å². The largest absolute Gasteiger partial charge is 0.364 e. The summed E-state index contributed by atoms with van der Waals surface area (Å²) in [6.45, 7) is 1.28. The first-order chi connectivity index (χ1) is 9.52. The minimum Gasteiger partial charge on any atom is -0.364 e. The molecule has 3 N–H and O–H groups in total. The summed E-state index contributed by atoms with van der Waals surface area (Å²) in [7, 11) is 1.53. The van der Waals surface area contributed by atoms with E-state index in [4.69, 9.17) is 5.73 Å². The molecule has 1 aliphatic heterocycles. The third-order valence-corrected chi connectivity index (χ3v) is 3.46. The molecule has 108 valence electrons. The Morgan fingerprint density at radius 3 is 2.90 bits per heavy atom. The number of nitro groups is 1. The number of hydrogen-bond acceptors (Lipinski definition) is 5. The second-order valence-electron chi connectivity index (χ2n) is 4.89. The van der Waals surface area contributed by atoms with Crippen LogP contribution in [0.4, 0.5) is 11.4 Å². The van der Waals surface area contributed by atoms with E-state index in [1.807, 2.05) is 4.90 Å². The van der Waals surface area contributed by atoms with Gasteiger partial charge >= 0.3 is 0 Å². The molecule has 1 saturated heterocycles. The van der Waals surface area contributed by atoms with Gasteiger partial charge in [-0.15, -0.1) is 0 Å². The fourth-order valence-corrected chi connectivity index (χ4v) is 2.45. The lowest BCUT2D eigenvalue weighted by atomic mass is 10.0. The number of carbonyl (C=O) groups excluding carboxylic acids is 1. The average Bonchev–Trinajstić information content (AvgIpc) is 2.45. The van der Waals surface area contributed by atoms with E-state index in [2.05, 4.69) is 5.32 Å². The number of nitrogens with zero attached hydrogens (tertiary/aromatic N) is 2. The molecule has 0 spiro atoms. The molecule has 1 aromatic carbocycles. The topological polar surface area (TPSA) is 101 Å². The number of nitrogens with two attached hydrogens (primary N) is 1. The van der Waals surface area contributed by atoms with Crippen LogP contribution in [0.25, 0.3) is 0 Å². The first kappa shape index (κ1) is 14.3. The van der Waals surface area contributed by atoms with Gasteiger partial charge in [0.25, 0.3) is 11.6 Å². The summed E-state index contributed by atoms with van der Waals surface area (Å²) >= 11 is 0. The van der Waals surface area contributed by atoms with Crippen molar-refractivity contribution in [1.82, 2.24) is 5.32 Å². The van der Waals surface area contributed by atoms with Gasteiger partial charge in [-0.3, -0.25) is 14.9 Å². The van der Waals surface area contributed by atoms with Gasteiger partial charge in [0.05, 0.1) is 4.92 Å². The lowest BCUT2D eigenvalue weighted by Crippen LogP contribution is -2.43. The minimum atomic E-state index is -0.427. The van der Waals surface area contributed by atoms with E-state index in [1.165, 1.54) is 19.2 Å². The van der Waals surface area contributed by atoms with Crippen molar-refractivity contribution in [3.63, 3.8) is 0 Å². The SMILES string of the molecule is CNC(=O)c1ccc([N+](=O)[O-])c(N2CCC[C@@H](N)C2)c1. The molecule has 1 heterocycles. The lowest BCUT2D eigenvalue weighted by molar-refractivity contribution is -0.384. The highest BCUT2D eigenvalue weighted by Gasteiger charge is 2.25. The van der Waals surface area contributed by atoms with Crippen molar-refractivity contribution in [3.05, 3.63) is 33.9 Å². The summed E-state index contributed by atoms with van der Waals surface area (Å²) in [4.78, 5) is 24.3. The van der Waals surface area contributed by atoms with E-state index in [0.717, 1.165) is 12.8 Å². The lowest BCUT2D eigenvalue weighted by Gasteiger charge is -2.32. The number of hydrogen-bond donors (Lipinski definition) is 2. The Morgan fingerprint density at radius 2 is 2.30 bits per heavy atom. The van der Waals surface area contributed by atoms with Gasteiger partial charge in [0.2, 0.25) is 0 Å². The molecule has 2 rings (SSSR count). The number of nitrogens with one attached hydrogen (secondary N) is 1. The summed E-state index contributed by atoms with van der Waals surface area (Å²) in [6.07, 6.45) is 1.81. The summed E-state index contributed by atoms with van der Waals surface area (Å²) in [5, 5.41) is 13.7. The predicted molar refractivity (Wildman–Crippen MR) is 75.9 cm³/mol. The third-order valence-electron chi connectivity index (χ3n) is 3.46. The maximum absolute atomic E-state index is 11.7. The Hall–Kier alpha value is -2.15. The molecule has 20 heavy (non-hydrogen) atoms. The molecule has 0 bridgehead atoms. The summed E-state index contributed by atoms with van der Waals surface area (Å²) in [5.41, 5.74) is 6.80. The second kappa shape index (κ2) is 5.87. The number of nitro benzene ring substituents is 1. The molecule has 0 aromatic heterocycles. The van der Waals surface area contributed by atoms with Crippen LogP contribution in [-0.2, 0) is 0 Å². The van der Waals surface area contributed by atoms with Crippen LogP contribution in [-0.4, -0.2) is 37.0 Å². The fraction of sp³-hybridized carbons (Fsp3) is 0.462. The van der Waals surface area contributed by atoms with Crippen LogP contribution in [0.1, 0.15) is 23.2 Å². The van der Waals surface area contributed by atoms with Crippen molar-refractivity contribution in [3.8, 4) is 0 Å². The number of benzene rings is 1. The molecule has 0 saturated carbocycles. The highest BCUT2D eigenvalue weighted by molar-refractivity contribution is 5.95. The van der Waals surface area contributed by atoms with E-state index in [9.17, 15) is 14.9 Å². The van der Waals surface area contributed by atoms with Crippen LogP contribution < -0.4 is 16.0 Å². The minimum absolute atomic E-state index is 0.00625. The standard InChI is InChI=1S/C13H18N4O3/c1-15-13(18)9-4-5-11(17(19)20)12(7-9)16-6-2-3-10(14)8-16/h4-5,7,10H,2-3,6,8,14H2,1H3,(H,15,18)/t10-/m1/s1. The van der Waals surface area contributed by atoms with Crippen molar-refractivity contribution >= 4 is 17.3 Å². The van der Waals surface area contributed by atoms with E-state index < -0.39 is 4.92 Å². The van der Waals surface area contributed by atoms with Gasteiger partial charge in [-0.25, -0.2) is 0 Å². The molecule has 0 radical (unpaired) electrons. The summed E-state index contributed by atoms with van der Waals surface area (Å²) in [6, 6.07) is 4.41. The van der Waals surface area contributed by atoms with Crippen LogP contribution in [0, 0.1) is 10.1 Å². The first-order valence-electron chi connectivity index (χ1n) is 6.54. The van der Waals surface area contributed by atoms with Crippen LogP contribution in [0.15, 0.2) is 18.2 Å². The van der Waals surface area contributed by atoms with Crippen molar-refractivity contribution in [2.45, 2.75) is 18.9 Å². The Kier molecular flexibility index (Phi) is 4.19. The van der Waals surface area contributed by atoms with Crippen molar-refractivity contribution in [2.24, 2.45) is 5.73 Å². The normalized spacial score (nSPS) is 18.7. The van der Waals surface area contributed by atoms with E-state index in [0.29, 0.717) is 24.3 Å². The molecule has 1 aromatic rings. The Balaban J connectivity index is 2.41. The van der Waals surface area contributed by atoms with E-state index in [-0.39, 0.29) is 17.6 Å². The molecule has 1 aliphatic rings. The summed E-state index contributed by atoms with van der Waals surface area (Å²) in [5.74, 6) is -0.262. The summed E-state index contributed by atoms with van der Waals surface area (Å²) < 4.78 is 0. The number of carbonyl (C=O) groups is 1. The molecule has 1 amide bonds. The van der Waals surface area contributed by atoms with Crippen molar-refractivity contribution in [2.75, 3.05) is 25.0 Å². The van der Waals surface area contributed by atoms with Gasteiger partial charge in [0.15, 0.2) is 0 Å². The van der Waals surface area contributed by atoms with Crippen LogP contribution >= 0.6 is 0 Å². The zero-order chi connectivity index (χ0) is 14.7. The number of anilines is 1. The number of amides is 1. The smallest absolute Gasteiger partial charge is 0.292 e. The van der Waals surface area contributed by atoms with Gasteiger partial charge in [-0.1, -0.05) is 0 Å². The van der Waals surface area contributed by atoms with E-state index in [1.54, 1.807) is 6.07 Å². The highest BCUT2D eigenvalue weighted by atomic mass is 16.6. The average molecular weight is 278 g/mol. The van der Waals surface area contributed by atoms with Crippen molar-refractivity contribution in [1.29, 1.82) is 0 Å². The van der Waals surface area contributed by atoms with Crippen LogP contribution in [0.2, 0.25) is 0 Å². The molecule has 7 heteroatoms. The Bertz CT molecular complexity index is 532. The zero-order valence-corrected chi connectivity index (χ0v) is 11.3. The van der Waals surface area contributed by atoms with Crippen LogP contribution in [0.3, 0.4) is 0 Å². The maximum atomic E-state index is 11.7. The van der Waals surface area contributed by atoms with Crippen molar-refractivity contribution < 1.29 is 9.72 Å². The quantitative estimate of drug-likeness (QED) is 0.631. The highest BCUT2D eigenvalue weighted by Crippen LogP contribution is 2.31. The van der Waals surface area contributed by atoms with Gasteiger partial charge < -0.3 is 16.0 Å². The third kappa shape index (κ3) is 2.88. The van der Waals surface area contributed by atoms with Gasteiger partial charge in [0, 0.05) is 37.8 Å². The zero-order valence-electron chi connectivity index (χ0n) is 11.3.